The van der Waals surface area contributed by atoms with Crippen LogP contribution in [0.3, 0.4) is 0 Å². The number of rotatable bonds is 14. The first-order valence-electron chi connectivity index (χ1n) is 8.96. The van der Waals surface area contributed by atoms with Gasteiger partial charge in [0.25, 0.3) is 0 Å². The Morgan fingerprint density at radius 1 is 0.600 bits per heavy atom. The molecule has 0 rings (SSSR count). The molecule has 1 nitrogen and oxygen atoms in total. The minimum Gasteiger partial charge on any atom is -0.312 e. The van der Waals surface area contributed by atoms with Crippen molar-refractivity contribution in [2.24, 2.45) is 0 Å². The molecule has 2 heteroatoms. The van der Waals surface area contributed by atoms with Gasteiger partial charge in [-0.2, -0.15) is 0 Å². The molecule has 0 fully saturated rings. The van der Waals surface area contributed by atoms with Gasteiger partial charge < -0.3 is 5.32 Å². The smallest absolute Gasteiger partial charge is 0.00412 e. The zero-order valence-corrected chi connectivity index (χ0v) is 15.4. The van der Waals surface area contributed by atoms with E-state index in [4.69, 9.17) is 0 Å². The van der Waals surface area contributed by atoms with Crippen LogP contribution in [0.25, 0.3) is 0 Å². The van der Waals surface area contributed by atoms with E-state index in [2.05, 4.69) is 33.0 Å². The fraction of sp³-hybridized carbons (Fsp3) is 1.00. The van der Waals surface area contributed by atoms with Crippen molar-refractivity contribution < 1.29 is 0 Å². The third-order valence-electron chi connectivity index (χ3n) is 4.05. The summed E-state index contributed by atoms with van der Waals surface area (Å²) >= 11 is 0. The Kier molecular flexibility index (Phi) is 19.5. The van der Waals surface area contributed by atoms with Crippen LogP contribution in [0, 0.1) is 0 Å². The van der Waals surface area contributed by atoms with E-state index in [1.807, 2.05) is 0 Å². The third kappa shape index (κ3) is 16.3. The van der Waals surface area contributed by atoms with Crippen LogP contribution in [0.15, 0.2) is 0 Å². The van der Waals surface area contributed by atoms with E-state index in [9.17, 15) is 0 Å². The van der Waals surface area contributed by atoms with Crippen LogP contribution < -0.4 is 5.32 Å². The summed E-state index contributed by atoms with van der Waals surface area (Å²) in [6.07, 6.45) is 16.7. The Balaban J connectivity index is 0. The molecule has 0 aliphatic rings. The van der Waals surface area contributed by atoms with Crippen LogP contribution in [0.5, 0.6) is 0 Å². The molecule has 0 aromatic rings. The van der Waals surface area contributed by atoms with Crippen LogP contribution in [0.4, 0.5) is 0 Å². The maximum atomic E-state index is 3.76. The van der Waals surface area contributed by atoms with Gasteiger partial charge >= 0.3 is 0 Å². The van der Waals surface area contributed by atoms with Crippen molar-refractivity contribution in [3.63, 3.8) is 0 Å². The first-order chi connectivity index (χ1) is 9.20. The van der Waals surface area contributed by atoms with E-state index in [0.717, 1.165) is 0 Å². The molecule has 2 atom stereocenters. The van der Waals surface area contributed by atoms with Gasteiger partial charge in [0.1, 0.15) is 0 Å². The highest BCUT2D eigenvalue weighted by Crippen LogP contribution is 2.10. The topological polar surface area (TPSA) is 12.0 Å². The lowest BCUT2D eigenvalue weighted by Crippen LogP contribution is -2.34. The molecule has 0 spiro atoms. The van der Waals surface area contributed by atoms with E-state index in [1.54, 1.807) is 0 Å². The minimum atomic E-state index is 0. The molecular weight excluding hydrogens is 266 g/mol. The van der Waals surface area contributed by atoms with Gasteiger partial charge in [-0.3, -0.25) is 0 Å². The van der Waals surface area contributed by atoms with Crippen LogP contribution in [-0.2, 0) is 0 Å². The molecule has 0 heterocycles. The molecule has 0 saturated carbocycles. The van der Waals surface area contributed by atoms with Gasteiger partial charge in [0.2, 0.25) is 0 Å². The second-order valence-electron chi connectivity index (χ2n) is 6.37. The zero-order valence-electron chi connectivity index (χ0n) is 14.5. The summed E-state index contributed by atoms with van der Waals surface area (Å²) in [4.78, 5) is 0. The van der Waals surface area contributed by atoms with Crippen molar-refractivity contribution in [3.05, 3.63) is 0 Å². The highest BCUT2D eigenvalue weighted by atomic mass is 35.5. The SMILES string of the molecule is CCCCCCCC(C)NC(C)CCCCCCC.Cl. The van der Waals surface area contributed by atoms with Crippen molar-refractivity contribution in [1.82, 2.24) is 5.32 Å². The van der Waals surface area contributed by atoms with E-state index in [-0.39, 0.29) is 12.4 Å². The molecule has 2 unspecified atom stereocenters. The van der Waals surface area contributed by atoms with Gasteiger partial charge in [-0.1, -0.05) is 78.1 Å². The summed E-state index contributed by atoms with van der Waals surface area (Å²) in [5, 5.41) is 3.76. The molecule has 0 bridgehead atoms. The van der Waals surface area contributed by atoms with Crippen molar-refractivity contribution >= 4 is 12.4 Å². The number of unbranched alkanes of at least 4 members (excludes halogenated alkanes) is 8. The van der Waals surface area contributed by atoms with Gasteiger partial charge in [0.15, 0.2) is 0 Å². The van der Waals surface area contributed by atoms with Crippen LogP contribution in [0.2, 0.25) is 0 Å². The van der Waals surface area contributed by atoms with Gasteiger partial charge in [0, 0.05) is 12.1 Å². The average Bonchev–Trinajstić information content (AvgIpc) is 2.38. The van der Waals surface area contributed by atoms with Crippen molar-refractivity contribution in [1.29, 1.82) is 0 Å². The predicted molar refractivity (Wildman–Crippen MR) is 96.1 cm³/mol. The Labute approximate surface area is 135 Å². The third-order valence-corrected chi connectivity index (χ3v) is 4.05. The maximum Gasteiger partial charge on any atom is 0.00412 e. The molecule has 0 aromatic carbocycles. The van der Waals surface area contributed by atoms with Gasteiger partial charge in [-0.15, -0.1) is 12.4 Å². The number of halogens is 1. The summed E-state index contributed by atoms with van der Waals surface area (Å²) in [6, 6.07) is 1.40. The predicted octanol–water partition coefficient (Wildman–Crippen LogP) is 6.50. The van der Waals surface area contributed by atoms with E-state index >= 15 is 0 Å². The molecule has 0 saturated heterocycles. The quantitative estimate of drug-likeness (QED) is 0.361. The van der Waals surface area contributed by atoms with Crippen molar-refractivity contribution in [2.45, 2.75) is 117 Å². The van der Waals surface area contributed by atoms with Crippen LogP contribution in [-0.4, -0.2) is 12.1 Å². The van der Waals surface area contributed by atoms with Crippen LogP contribution >= 0.6 is 12.4 Å². The van der Waals surface area contributed by atoms with E-state index in [0.29, 0.717) is 12.1 Å². The Morgan fingerprint density at radius 2 is 0.950 bits per heavy atom. The number of hydrogen-bond donors (Lipinski definition) is 1. The average molecular weight is 306 g/mol. The summed E-state index contributed by atoms with van der Waals surface area (Å²) in [5.41, 5.74) is 0. The summed E-state index contributed by atoms with van der Waals surface area (Å²) in [6.45, 7) is 9.28. The molecule has 1 N–H and O–H groups in total. The molecule has 0 aliphatic heterocycles. The second kappa shape index (κ2) is 17.3. The first kappa shape index (κ1) is 22.5. The van der Waals surface area contributed by atoms with Crippen molar-refractivity contribution in [3.8, 4) is 0 Å². The molecule has 20 heavy (non-hydrogen) atoms. The highest BCUT2D eigenvalue weighted by molar-refractivity contribution is 5.85. The highest BCUT2D eigenvalue weighted by Gasteiger charge is 2.06. The first-order valence-corrected chi connectivity index (χ1v) is 8.96. The summed E-state index contributed by atoms with van der Waals surface area (Å²) in [5.74, 6) is 0. The van der Waals surface area contributed by atoms with Crippen LogP contribution in [0.1, 0.15) is 105 Å². The Morgan fingerprint density at radius 3 is 1.30 bits per heavy atom. The standard InChI is InChI=1S/C18H39N.ClH/c1-5-7-9-11-13-15-17(3)19-18(4)16-14-12-10-8-6-2;/h17-19H,5-16H2,1-4H3;1H. The summed E-state index contributed by atoms with van der Waals surface area (Å²) in [7, 11) is 0. The largest absolute Gasteiger partial charge is 0.312 e. The van der Waals surface area contributed by atoms with E-state index < -0.39 is 0 Å². The number of nitrogens with one attached hydrogen (secondary N) is 1. The Hall–Kier alpha value is 0.250. The monoisotopic (exact) mass is 305 g/mol. The normalized spacial score (nSPS) is 13.8. The Bertz CT molecular complexity index is 155. The maximum absolute atomic E-state index is 3.76. The molecule has 0 aromatic heterocycles. The van der Waals surface area contributed by atoms with Crippen molar-refractivity contribution in [2.75, 3.05) is 0 Å². The van der Waals surface area contributed by atoms with Gasteiger partial charge in [-0.05, 0) is 26.7 Å². The lowest BCUT2D eigenvalue weighted by Gasteiger charge is -2.20. The lowest BCUT2D eigenvalue weighted by atomic mass is 10.0. The van der Waals surface area contributed by atoms with E-state index in [1.165, 1.54) is 77.0 Å². The molecule has 0 amide bonds. The summed E-state index contributed by atoms with van der Waals surface area (Å²) < 4.78 is 0. The molecular formula is C18H40ClN. The van der Waals surface area contributed by atoms with Gasteiger partial charge in [0.05, 0.1) is 0 Å². The lowest BCUT2D eigenvalue weighted by molar-refractivity contribution is 0.403. The number of hydrogen-bond acceptors (Lipinski definition) is 1. The molecule has 0 radical (unpaired) electrons. The van der Waals surface area contributed by atoms with Gasteiger partial charge in [-0.25, -0.2) is 0 Å². The second-order valence-corrected chi connectivity index (χ2v) is 6.37. The minimum absolute atomic E-state index is 0. The zero-order chi connectivity index (χ0) is 14.3. The fourth-order valence-electron chi connectivity index (χ4n) is 2.76. The molecule has 124 valence electrons. The fourth-order valence-corrected chi connectivity index (χ4v) is 2.76. The molecule has 0 aliphatic carbocycles.